The van der Waals surface area contributed by atoms with E-state index in [1.54, 1.807) is 0 Å². The van der Waals surface area contributed by atoms with Crippen LogP contribution >= 0.6 is 0 Å². The van der Waals surface area contributed by atoms with Gasteiger partial charge in [0.25, 0.3) is 0 Å². The van der Waals surface area contributed by atoms with Crippen LogP contribution in [0.2, 0.25) is 0 Å². The minimum absolute atomic E-state index is 0.234. The molecule has 122 valence electrons. The number of likely N-dealkylation sites (tertiary alicyclic amines) is 1. The van der Waals surface area contributed by atoms with Gasteiger partial charge in [0, 0.05) is 25.2 Å². The van der Waals surface area contributed by atoms with Crippen molar-refractivity contribution < 1.29 is 9.53 Å². The van der Waals surface area contributed by atoms with Crippen molar-refractivity contribution in [2.24, 2.45) is 17.8 Å². The lowest BCUT2D eigenvalue weighted by Gasteiger charge is -2.43. The standard InChI is InChI=1S/C17H32N2O2/c1-5-16(13-7-8-13)19-10-14(12(3)4)9-15(11-19)18-17(20)21-6-2/h12-16H,5-11H2,1-4H3,(H,18,20). The summed E-state index contributed by atoms with van der Waals surface area (Å²) < 4.78 is 5.05. The SMILES string of the molecule is CCOC(=O)NC1CC(C(C)C)CN(C(CC)C2CC2)C1. The van der Waals surface area contributed by atoms with Gasteiger partial charge in [0.2, 0.25) is 0 Å². The number of hydrogen-bond acceptors (Lipinski definition) is 3. The van der Waals surface area contributed by atoms with Crippen LogP contribution in [-0.4, -0.2) is 42.8 Å². The van der Waals surface area contributed by atoms with Gasteiger partial charge in [0.1, 0.15) is 0 Å². The van der Waals surface area contributed by atoms with Crippen molar-refractivity contribution in [1.29, 1.82) is 0 Å². The molecule has 1 saturated carbocycles. The smallest absolute Gasteiger partial charge is 0.407 e. The van der Waals surface area contributed by atoms with E-state index in [0.717, 1.165) is 18.9 Å². The molecule has 21 heavy (non-hydrogen) atoms. The van der Waals surface area contributed by atoms with E-state index in [2.05, 4.69) is 31.0 Å². The number of piperidine rings is 1. The fourth-order valence-electron chi connectivity index (χ4n) is 3.74. The summed E-state index contributed by atoms with van der Waals surface area (Å²) in [5.41, 5.74) is 0. The number of nitrogens with one attached hydrogen (secondary N) is 1. The lowest BCUT2D eigenvalue weighted by Crippen LogP contribution is -2.55. The van der Waals surface area contributed by atoms with Crippen molar-refractivity contribution in [1.82, 2.24) is 10.2 Å². The zero-order valence-electron chi connectivity index (χ0n) is 14.1. The highest BCUT2D eigenvalue weighted by Crippen LogP contribution is 2.39. The third kappa shape index (κ3) is 4.60. The van der Waals surface area contributed by atoms with Crippen molar-refractivity contribution >= 4 is 6.09 Å². The second-order valence-corrected chi connectivity index (χ2v) is 7.07. The number of alkyl carbamates (subject to hydrolysis) is 1. The van der Waals surface area contributed by atoms with Crippen LogP contribution < -0.4 is 5.32 Å². The number of hydrogen-bond donors (Lipinski definition) is 1. The number of amides is 1. The minimum atomic E-state index is -0.258. The van der Waals surface area contributed by atoms with Gasteiger partial charge in [-0.25, -0.2) is 4.79 Å². The topological polar surface area (TPSA) is 41.6 Å². The quantitative estimate of drug-likeness (QED) is 0.818. The molecule has 4 nitrogen and oxygen atoms in total. The summed E-state index contributed by atoms with van der Waals surface area (Å²) in [6.07, 6.45) is 4.82. The highest BCUT2D eigenvalue weighted by Gasteiger charge is 2.39. The van der Waals surface area contributed by atoms with E-state index in [9.17, 15) is 4.79 Å². The van der Waals surface area contributed by atoms with Crippen LogP contribution in [0.25, 0.3) is 0 Å². The molecule has 2 fully saturated rings. The Hall–Kier alpha value is -0.770. The number of rotatable bonds is 6. The largest absolute Gasteiger partial charge is 0.450 e. The van der Waals surface area contributed by atoms with E-state index < -0.39 is 0 Å². The Balaban J connectivity index is 1.98. The molecular weight excluding hydrogens is 264 g/mol. The monoisotopic (exact) mass is 296 g/mol. The molecule has 1 aliphatic carbocycles. The van der Waals surface area contributed by atoms with Crippen LogP contribution in [0.5, 0.6) is 0 Å². The summed E-state index contributed by atoms with van der Waals surface area (Å²) in [7, 11) is 0. The second-order valence-electron chi connectivity index (χ2n) is 7.07. The van der Waals surface area contributed by atoms with Crippen LogP contribution in [0.1, 0.15) is 53.4 Å². The normalized spacial score (nSPS) is 28.4. The van der Waals surface area contributed by atoms with E-state index in [0.29, 0.717) is 24.5 Å². The summed E-state index contributed by atoms with van der Waals surface area (Å²) in [6, 6.07) is 0.941. The van der Waals surface area contributed by atoms with E-state index in [1.807, 2.05) is 6.92 Å². The molecular formula is C17H32N2O2. The van der Waals surface area contributed by atoms with Gasteiger partial charge in [-0.3, -0.25) is 4.90 Å². The second kappa shape index (κ2) is 7.48. The zero-order valence-corrected chi connectivity index (χ0v) is 14.1. The molecule has 2 rings (SSSR count). The van der Waals surface area contributed by atoms with Gasteiger partial charge >= 0.3 is 6.09 Å². The van der Waals surface area contributed by atoms with E-state index in [-0.39, 0.29) is 12.1 Å². The van der Waals surface area contributed by atoms with E-state index in [1.165, 1.54) is 25.8 Å². The van der Waals surface area contributed by atoms with Crippen LogP contribution in [-0.2, 0) is 4.74 Å². The molecule has 0 spiro atoms. The fourth-order valence-corrected chi connectivity index (χ4v) is 3.74. The lowest BCUT2D eigenvalue weighted by atomic mass is 9.84. The van der Waals surface area contributed by atoms with Gasteiger partial charge < -0.3 is 10.1 Å². The number of carbonyl (C=O) groups is 1. The Morgan fingerprint density at radius 1 is 1.24 bits per heavy atom. The number of nitrogens with zero attached hydrogens (tertiary/aromatic N) is 1. The first-order chi connectivity index (χ1) is 10.0. The van der Waals surface area contributed by atoms with Gasteiger partial charge in [-0.2, -0.15) is 0 Å². The van der Waals surface area contributed by atoms with Gasteiger partial charge in [0.15, 0.2) is 0 Å². The van der Waals surface area contributed by atoms with Crippen molar-refractivity contribution in [3.05, 3.63) is 0 Å². The van der Waals surface area contributed by atoms with Crippen LogP contribution in [0, 0.1) is 17.8 Å². The molecule has 0 radical (unpaired) electrons. The van der Waals surface area contributed by atoms with Crippen LogP contribution in [0.4, 0.5) is 4.79 Å². The summed E-state index contributed by atoms with van der Waals surface area (Å²) in [6.45, 7) is 11.4. The molecule has 0 bridgehead atoms. The molecule has 0 aromatic carbocycles. The molecule has 4 heteroatoms. The number of ether oxygens (including phenoxy) is 1. The summed E-state index contributed by atoms with van der Waals surface area (Å²) in [5.74, 6) is 2.22. The first kappa shape index (κ1) is 16.6. The molecule has 3 unspecified atom stereocenters. The predicted octanol–water partition coefficient (Wildman–Crippen LogP) is 3.27. The highest BCUT2D eigenvalue weighted by molar-refractivity contribution is 5.67. The Morgan fingerprint density at radius 2 is 1.95 bits per heavy atom. The minimum Gasteiger partial charge on any atom is -0.450 e. The van der Waals surface area contributed by atoms with Gasteiger partial charge in [-0.05, 0) is 50.4 Å². The number of carbonyl (C=O) groups excluding carboxylic acids is 1. The predicted molar refractivity (Wildman–Crippen MR) is 85.3 cm³/mol. The maximum atomic E-state index is 11.7. The Kier molecular flexibility index (Phi) is 5.91. The Bertz CT molecular complexity index is 342. The Morgan fingerprint density at radius 3 is 2.48 bits per heavy atom. The van der Waals surface area contributed by atoms with Crippen molar-refractivity contribution in [3.63, 3.8) is 0 Å². The molecule has 3 atom stereocenters. The van der Waals surface area contributed by atoms with Crippen molar-refractivity contribution in [2.45, 2.75) is 65.5 Å². The first-order valence-corrected chi connectivity index (χ1v) is 8.72. The molecule has 1 amide bonds. The van der Waals surface area contributed by atoms with Crippen molar-refractivity contribution in [3.8, 4) is 0 Å². The molecule has 1 N–H and O–H groups in total. The van der Waals surface area contributed by atoms with Crippen LogP contribution in [0.15, 0.2) is 0 Å². The average Bonchev–Trinajstić information content (AvgIpc) is 3.24. The first-order valence-electron chi connectivity index (χ1n) is 8.72. The lowest BCUT2D eigenvalue weighted by molar-refractivity contribution is 0.0635. The van der Waals surface area contributed by atoms with E-state index in [4.69, 9.17) is 4.74 Å². The summed E-state index contributed by atoms with van der Waals surface area (Å²) in [5, 5.41) is 3.07. The zero-order chi connectivity index (χ0) is 15.4. The average molecular weight is 296 g/mol. The molecule has 1 aliphatic heterocycles. The molecule has 2 aliphatic rings. The van der Waals surface area contributed by atoms with Gasteiger partial charge in [-0.1, -0.05) is 20.8 Å². The molecule has 0 aromatic heterocycles. The maximum absolute atomic E-state index is 11.7. The fraction of sp³-hybridized carbons (Fsp3) is 0.941. The van der Waals surface area contributed by atoms with Gasteiger partial charge in [-0.15, -0.1) is 0 Å². The van der Waals surface area contributed by atoms with E-state index >= 15 is 0 Å². The third-order valence-corrected chi connectivity index (χ3v) is 5.10. The van der Waals surface area contributed by atoms with Crippen molar-refractivity contribution in [2.75, 3.05) is 19.7 Å². The molecule has 1 saturated heterocycles. The molecule has 0 aromatic rings. The van der Waals surface area contributed by atoms with Gasteiger partial charge in [0.05, 0.1) is 6.61 Å². The third-order valence-electron chi connectivity index (χ3n) is 5.10. The highest BCUT2D eigenvalue weighted by atomic mass is 16.5. The van der Waals surface area contributed by atoms with Crippen LogP contribution in [0.3, 0.4) is 0 Å². The summed E-state index contributed by atoms with van der Waals surface area (Å²) >= 11 is 0. The molecule has 1 heterocycles. The Labute approximate surface area is 129 Å². The summed E-state index contributed by atoms with van der Waals surface area (Å²) in [4.78, 5) is 14.4. The maximum Gasteiger partial charge on any atom is 0.407 e.